The number of piperidine rings is 1. The van der Waals surface area contributed by atoms with Gasteiger partial charge in [0.2, 0.25) is 0 Å². The van der Waals surface area contributed by atoms with Gasteiger partial charge in [0.05, 0.1) is 0 Å². The predicted octanol–water partition coefficient (Wildman–Crippen LogP) is 6.33. The Morgan fingerprint density at radius 3 is 2.60 bits per heavy atom. The van der Waals surface area contributed by atoms with Gasteiger partial charge in [-0.1, -0.05) is 57.3 Å². The van der Waals surface area contributed by atoms with Crippen LogP contribution in [-0.2, 0) is 11.2 Å². The molecule has 0 spiro atoms. The van der Waals surface area contributed by atoms with Gasteiger partial charge in [-0.05, 0) is 60.2 Å². The van der Waals surface area contributed by atoms with E-state index in [1.54, 1.807) is 6.20 Å². The number of nitrogens with zero attached hydrogens (tertiary/aromatic N) is 1. The molecule has 0 radical (unpaired) electrons. The topological polar surface area (TPSA) is 59.1 Å². The van der Waals surface area contributed by atoms with Crippen molar-refractivity contribution < 1.29 is 14.0 Å². The molecular weight excluding hydrogens is 439 g/mol. The number of hydrogen-bond acceptors (Lipinski definition) is 4. The molecule has 1 aliphatic carbocycles. The number of pyridine rings is 1. The fourth-order valence-corrected chi connectivity index (χ4v) is 5.07. The summed E-state index contributed by atoms with van der Waals surface area (Å²) < 4.78 is 14.0. The fraction of sp³-hybridized carbons (Fsp3) is 0.433. The number of ketones is 2. The van der Waals surface area contributed by atoms with Crippen LogP contribution in [0.15, 0.2) is 60.9 Å². The molecule has 1 N–H and O–H groups in total. The highest BCUT2D eigenvalue weighted by molar-refractivity contribution is 5.96. The van der Waals surface area contributed by atoms with E-state index in [-0.39, 0.29) is 44.2 Å². The van der Waals surface area contributed by atoms with E-state index in [2.05, 4.69) is 16.4 Å². The summed E-state index contributed by atoms with van der Waals surface area (Å²) in [4.78, 5) is 29.5. The van der Waals surface area contributed by atoms with Crippen molar-refractivity contribution in [1.29, 1.82) is 0 Å². The molecule has 2 unspecified atom stereocenters. The quantitative estimate of drug-likeness (QED) is 0.386. The number of aromatic nitrogens is 1. The molecule has 5 rings (SSSR count). The Labute approximate surface area is 208 Å². The Hall–Kier alpha value is -2.92. The zero-order chi connectivity index (χ0) is 22.8. The van der Waals surface area contributed by atoms with Gasteiger partial charge < -0.3 is 5.32 Å². The van der Waals surface area contributed by atoms with Crippen molar-refractivity contribution in [2.24, 2.45) is 11.8 Å². The molecule has 35 heavy (non-hydrogen) atoms. The van der Waals surface area contributed by atoms with E-state index >= 15 is 0 Å². The molecule has 2 aromatic carbocycles. The molecule has 3 aromatic rings. The van der Waals surface area contributed by atoms with Crippen molar-refractivity contribution in [3.8, 4) is 0 Å². The van der Waals surface area contributed by atoms with E-state index in [0.29, 0.717) is 31.4 Å². The van der Waals surface area contributed by atoms with Crippen molar-refractivity contribution >= 4 is 22.3 Å². The van der Waals surface area contributed by atoms with Gasteiger partial charge in [0, 0.05) is 48.6 Å². The molecule has 1 aromatic heterocycles. The average molecular weight is 477 g/mol. The Kier molecular flexibility index (Phi) is 8.90. The summed E-state index contributed by atoms with van der Waals surface area (Å²) in [6.45, 7) is 1.22. The van der Waals surface area contributed by atoms with Gasteiger partial charge in [-0.15, -0.1) is 0 Å². The molecule has 0 amide bonds. The summed E-state index contributed by atoms with van der Waals surface area (Å²) in [5.74, 6) is 0.625. The lowest BCUT2D eigenvalue weighted by Gasteiger charge is -2.26. The van der Waals surface area contributed by atoms with Gasteiger partial charge >= 0.3 is 0 Å². The van der Waals surface area contributed by atoms with E-state index in [1.807, 2.05) is 48.7 Å². The average Bonchev–Trinajstić information content (AvgIpc) is 3.65. The van der Waals surface area contributed by atoms with Crippen LogP contribution >= 0.6 is 0 Å². The summed E-state index contributed by atoms with van der Waals surface area (Å²) in [5, 5.41) is 5.23. The Morgan fingerprint density at radius 2 is 1.83 bits per heavy atom. The molecule has 2 heterocycles. The first kappa shape index (κ1) is 26.7. The first-order valence-corrected chi connectivity index (χ1v) is 11.9. The van der Waals surface area contributed by atoms with Gasteiger partial charge in [-0.25, -0.2) is 4.39 Å². The Morgan fingerprint density at radius 1 is 1.03 bits per heavy atom. The van der Waals surface area contributed by atoms with Gasteiger partial charge in [-0.3, -0.25) is 14.6 Å². The van der Waals surface area contributed by atoms with Crippen LogP contribution in [-0.4, -0.2) is 35.8 Å². The van der Waals surface area contributed by atoms with Crippen LogP contribution in [0.25, 0.3) is 10.8 Å². The second-order valence-corrected chi connectivity index (χ2v) is 9.50. The van der Waals surface area contributed by atoms with E-state index in [4.69, 9.17) is 0 Å². The lowest BCUT2D eigenvalue weighted by Crippen LogP contribution is -2.38. The van der Waals surface area contributed by atoms with Gasteiger partial charge in [0.1, 0.15) is 12.0 Å². The number of carbonyl (C=O) groups excluding carboxylic acids is 2. The third kappa shape index (κ3) is 6.21. The maximum absolute atomic E-state index is 14.0. The monoisotopic (exact) mass is 476 g/mol. The molecule has 5 heteroatoms. The van der Waals surface area contributed by atoms with E-state index in [0.717, 1.165) is 41.3 Å². The Bertz CT molecular complexity index is 1160. The molecular formula is C30H37FN2O2. The predicted molar refractivity (Wildman–Crippen MR) is 141 cm³/mol. The number of fused-ring (bicyclic) bond motifs is 1. The van der Waals surface area contributed by atoms with Crippen LogP contribution in [0.2, 0.25) is 0 Å². The second-order valence-electron chi connectivity index (χ2n) is 9.50. The fourth-order valence-electron chi connectivity index (χ4n) is 5.07. The number of Topliss-reactive ketones (excluding diaryl/α,β-unsaturated/α-hetero) is 2. The maximum Gasteiger partial charge on any atom is 0.162 e. The smallest absolute Gasteiger partial charge is 0.162 e. The molecule has 4 nitrogen and oxygen atoms in total. The number of rotatable bonds is 8. The third-order valence-electron chi connectivity index (χ3n) is 7.23. The number of alkyl halides is 1. The largest absolute Gasteiger partial charge is 0.314 e. The number of hydrogen-bond donors (Lipinski definition) is 1. The zero-order valence-corrected chi connectivity index (χ0v) is 18.7. The number of nitrogens with one attached hydrogen (secondary N) is 1. The first-order valence-electron chi connectivity index (χ1n) is 11.9. The lowest BCUT2D eigenvalue weighted by molar-refractivity contribution is -0.119. The first-order chi connectivity index (χ1) is 16.1. The molecule has 1 saturated carbocycles. The normalized spacial score (nSPS) is 23.1. The van der Waals surface area contributed by atoms with E-state index in [1.165, 1.54) is 0 Å². The van der Waals surface area contributed by atoms with Crippen molar-refractivity contribution in [3.63, 3.8) is 0 Å². The molecule has 186 valence electrons. The van der Waals surface area contributed by atoms with Crippen molar-refractivity contribution in [2.75, 3.05) is 13.1 Å². The molecule has 2 fully saturated rings. The van der Waals surface area contributed by atoms with Crippen molar-refractivity contribution in [3.05, 3.63) is 77.6 Å². The van der Waals surface area contributed by atoms with Crippen LogP contribution in [0.1, 0.15) is 67.9 Å². The maximum atomic E-state index is 14.0. The molecule has 1 saturated heterocycles. The SMILES string of the molecule is C.C.O=C(CCC1CCNCC1F)c1ccc([C@@H]2C[C@H]2C(=O)Cc2ccc3cnccc3c2)cc1. The van der Waals surface area contributed by atoms with Gasteiger partial charge in [0.15, 0.2) is 5.78 Å². The van der Waals surface area contributed by atoms with Crippen LogP contribution in [0, 0.1) is 11.8 Å². The van der Waals surface area contributed by atoms with Crippen molar-refractivity contribution in [1.82, 2.24) is 10.3 Å². The minimum absolute atomic E-state index is 0. The summed E-state index contributed by atoms with van der Waals surface area (Å²) in [7, 11) is 0. The Balaban J connectivity index is 0.00000171. The van der Waals surface area contributed by atoms with Gasteiger partial charge in [-0.2, -0.15) is 0 Å². The third-order valence-corrected chi connectivity index (χ3v) is 7.23. The number of carbonyl (C=O) groups is 2. The standard InChI is InChI=1S/C28H29FN2O2.2CH4/c29-26-17-31-11-9-20(26)7-8-27(32)21-5-3-19(4-6-21)24-15-25(24)28(33)14-18-1-2-23-16-30-12-10-22(23)13-18;;/h1-6,10,12-13,16,20,24-26,31H,7-9,11,14-15,17H2;2*1H4/t20?,24-,25+,26?;;/m0../s1. The van der Waals surface area contributed by atoms with Crippen LogP contribution in [0.3, 0.4) is 0 Å². The molecule has 4 atom stereocenters. The zero-order valence-electron chi connectivity index (χ0n) is 18.7. The molecule has 0 bridgehead atoms. The van der Waals surface area contributed by atoms with Crippen LogP contribution < -0.4 is 5.32 Å². The molecule has 2 aliphatic rings. The second kappa shape index (κ2) is 11.7. The van der Waals surface area contributed by atoms with Crippen LogP contribution in [0.4, 0.5) is 4.39 Å². The highest BCUT2D eigenvalue weighted by atomic mass is 19.1. The summed E-state index contributed by atoms with van der Waals surface area (Å²) in [6.07, 6.45) is 5.84. The summed E-state index contributed by atoms with van der Waals surface area (Å²) in [6, 6.07) is 15.8. The highest BCUT2D eigenvalue weighted by Crippen LogP contribution is 2.48. The van der Waals surface area contributed by atoms with Crippen molar-refractivity contribution in [2.45, 2.75) is 59.0 Å². The van der Waals surface area contributed by atoms with E-state index in [9.17, 15) is 14.0 Å². The minimum atomic E-state index is -0.857. The summed E-state index contributed by atoms with van der Waals surface area (Å²) >= 11 is 0. The molecule has 1 aliphatic heterocycles. The highest BCUT2D eigenvalue weighted by Gasteiger charge is 2.43. The number of benzene rings is 2. The van der Waals surface area contributed by atoms with E-state index < -0.39 is 6.17 Å². The minimum Gasteiger partial charge on any atom is -0.314 e. The van der Waals surface area contributed by atoms with Crippen LogP contribution in [0.5, 0.6) is 0 Å². The lowest BCUT2D eigenvalue weighted by atomic mass is 9.89. The van der Waals surface area contributed by atoms with Gasteiger partial charge in [0.25, 0.3) is 0 Å². The number of halogens is 1. The summed E-state index contributed by atoms with van der Waals surface area (Å²) in [5.41, 5.74) is 2.84.